The normalized spacial score (nSPS) is 19.9. The standard InChI is InChI=1S/C15H21N5O2S/c1-11-17-9-15(19(11)2)14-8-16-7-13(18-14)12-5-4-6-20(10-12)23(3,21)22/h7-9,12H,4-6,10H2,1-3H3/t12-/m0/s1. The summed E-state index contributed by atoms with van der Waals surface area (Å²) in [5, 5.41) is 0. The molecule has 0 unspecified atom stereocenters. The van der Waals surface area contributed by atoms with Crippen molar-refractivity contribution in [3.05, 3.63) is 30.1 Å². The van der Waals surface area contributed by atoms with E-state index in [1.54, 1.807) is 18.6 Å². The van der Waals surface area contributed by atoms with E-state index in [4.69, 9.17) is 4.98 Å². The van der Waals surface area contributed by atoms with Crippen molar-refractivity contribution in [3.8, 4) is 11.4 Å². The number of hydrogen-bond acceptors (Lipinski definition) is 5. The van der Waals surface area contributed by atoms with Crippen molar-refractivity contribution >= 4 is 10.0 Å². The molecule has 0 amide bonds. The number of sulfonamides is 1. The van der Waals surface area contributed by atoms with Gasteiger partial charge in [0, 0.05) is 32.3 Å². The van der Waals surface area contributed by atoms with Crippen LogP contribution in [0.3, 0.4) is 0 Å². The molecule has 0 N–H and O–H groups in total. The van der Waals surface area contributed by atoms with Crippen molar-refractivity contribution in [3.63, 3.8) is 0 Å². The van der Waals surface area contributed by atoms with E-state index in [0.29, 0.717) is 13.1 Å². The number of rotatable bonds is 3. The Morgan fingerprint density at radius 3 is 2.70 bits per heavy atom. The average molecular weight is 335 g/mol. The molecule has 0 spiro atoms. The van der Waals surface area contributed by atoms with Gasteiger partial charge in [-0.1, -0.05) is 0 Å². The number of aryl methyl sites for hydroxylation is 1. The molecular weight excluding hydrogens is 314 g/mol. The monoisotopic (exact) mass is 335 g/mol. The summed E-state index contributed by atoms with van der Waals surface area (Å²) < 4.78 is 27.1. The fraction of sp³-hybridized carbons (Fsp3) is 0.533. The Labute approximate surface area is 136 Å². The van der Waals surface area contributed by atoms with Gasteiger partial charge in [-0.25, -0.2) is 22.7 Å². The van der Waals surface area contributed by atoms with Crippen molar-refractivity contribution in [1.82, 2.24) is 23.8 Å². The molecule has 3 heterocycles. The molecule has 1 aliphatic heterocycles. The third-order valence-corrected chi connectivity index (χ3v) is 5.68. The van der Waals surface area contributed by atoms with Crippen LogP contribution in [-0.4, -0.2) is 51.6 Å². The van der Waals surface area contributed by atoms with Crippen LogP contribution >= 0.6 is 0 Å². The minimum absolute atomic E-state index is 0.0836. The van der Waals surface area contributed by atoms with Gasteiger partial charge in [-0.2, -0.15) is 0 Å². The first kappa shape index (κ1) is 16.1. The molecule has 23 heavy (non-hydrogen) atoms. The van der Waals surface area contributed by atoms with Gasteiger partial charge in [-0.05, 0) is 19.8 Å². The SMILES string of the molecule is Cc1ncc(-c2cncc([C@H]3CCCN(S(C)(=O)=O)C3)n2)n1C. The van der Waals surface area contributed by atoms with Gasteiger partial charge in [-0.3, -0.25) is 4.98 Å². The molecular formula is C15H21N5O2S. The van der Waals surface area contributed by atoms with Crippen LogP contribution in [0, 0.1) is 6.92 Å². The van der Waals surface area contributed by atoms with Crippen LogP contribution in [-0.2, 0) is 17.1 Å². The highest BCUT2D eigenvalue weighted by Crippen LogP contribution is 2.28. The zero-order valence-electron chi connectivity index (χ0n) is 13.6. The van der Waals surface area contributed by atoms with Gasteiger partial charge in [0.1, 0.15) is 11.5 Å². The second-order valence-electron chi connectivity index (χ2n) is 6.04. The van der Waals surface area contributed by atoms with Crippen LogP contribution in [0.5, 0.6) is 0 Å². The van der Waals surface area contributed by atoms with E-state index >= 15 is 0 Å². The summed E-state index contributed by atoms with van der Waals surface area (Å²) in [5.74, 6) is 0.994. The third kappa shape index (κ3) is 3.28. The summed E-state index contributed by atoms with van der Waals surface area (Å²) in [7, 11) is -1.22. The highest BCUT2D eigenvalue weighted by molar-refractivity contribution is 7.88. The quantitative estimate of drug-likeness (QED) is 0.845. The first-order chi connectivity index (χ1) is 10.9. The van der Waals surface area contributed by atoms with E-state index in [2.05, 4.69) is 9.97 Å². The lowest BCUT2D eigenvalue weighted by atomic mass is 9.96. The Bertz CT molecular complexity index is 815. The van der Waals surface area contributed by atoms with Crippen molar-refractivity contribution in [2.45, 2.75) is 25.7 Å². The zero-order valence-corrected chi connectivity index (χ0v) is 14.4. The van der Waals surface area contributed by atoms with Crippen LogP contribution < -0.4 is 0 Å². The molecule has 8 heteroatoms. The molecule has 0 saturated carbocycles. The summed E-state index contributed by atoms with van der Waals surface area (Å²) in [4.78, 5) is 13.3. The van der Waals surface area contributed by atoms with Gasteiger partial charge in [0.25, 0.3) is 0 Å². The minimum Gasteiger partial charge on any atom is -0.330 e. The Morgan fingerprint density at radius 1 is 1.26 bits per heavy atom. The minimum atomic E-state index is -3.16. The third-order valence-electron chi connectivity index (χ3n) is 4.41. The molecule has 2 aromatic heterocycles. The lowest BCUT2D eigenvalue weighted by Crippen LogP contribution is -2.38. The van der Waals surface area contributed by atoms with Crippen molar-refractivity contribution in [2.24, 2.45) is 7.05 Å². The smallest absolute Gasteiger partial charge is 0.211 e. The second kappa shape index (κ2) is 6.01. The van der Waals surface area contributed by atoms with E-state index in [1.165, 1.54) is 10.6 Å². The molecule has 124 valence electrons. The van der Waals surface area contributed by atoms with Crippen LogP contribution in [0.1, 0.15) is 30.3 Å². The molecule has 1 fully saturated rings. The molecule has 0 bridgehead atoms. The maximum atomic E-state index is 11.8. The van der Waals surface area contributed by atoms with E-state index < -0.39 is 10.0 Å². The molecule has 1 saturated heterocycles. The van der Waals surface area contributed by atoms with Gasteiger partial charge in [0.15, 0.2) is 0 Å². The van der Waals surface area contributed by atoms with Gasteiger partial charge < -0.3 is 4.57 Å². The fourth-order valence-electron chi connectivity index (χ4n) is 2.93. The molecule has 1 aliphatic rings. The zero-order chi connectivity index (χ0) is 16.6. The second-order valence-corrected chi connectivity index (χ2v) is 8.02. The summed E-state index contributed by atoms with van der Waals surface area (Å²) in [5.41, 5.74) is 2.52. The summed E-state index contributed by atoms with van der Waals surface area (Å²) in [6.07, 6.45) is 8.27. The Kier molecular flexibility index (Phi) is 4.20. The number of nitrogens with zero attached hydrogens (tertiary/aromatic N) is 5. The number of imidazole rings is 1. The molecule has 0 radical (unpaired) electrons. The first-order valence-corrected chi connectivity index (χ1v) is 9.47. The lowest BCUT2D eigenvalue weighted by molar-refractivity contribution is 0.314. The van der Waals surface area contributed by atoms with Gasteiger partial charge in [0.05, 0.1) is 30.0 Å². The molecule has 0 aliphatic carbocycles. The van der Waals surface area contributed by atoms with Gasteiger partial charge >= 0.3 is 0 Å². The molecule has 0 aromatic carbocycles. The molecule has 2 aromatic rings. The van der Waals surface area contributed by atoms with Crippen molar-refractivity contribution in [1.29, 1.82) is 0 Å². The van der Waals surface area contributed by atoms with E-state index in [9.17, 15) is 8.42 Å². The Hall–Kier alpha value is -1.80. The molecule has 7 nitrogen and oxygen atoms in total. The predicted octanol–water partition coefficient (Wildman–Crippen LogP) is 1.32. The van der Waals surface area contributed by atoms with E-state index in [0.717, 1.165) is 35.7 Å². The average Bonchev–Trinajstić information content (AvgIpc) is 2.86. The largest absolute Gasteiger partial charge is 0.330 e. The van der Waals surface area contributed by atoms with Gasteiger partial charge in [0.2, 0.25) is 10.0 Å². The van der Waals surface area contributed by atoms with Crippen molar-refractivity contribution < 1.29 is 8.42 Å². The summed E-state index contributed by atoms with van der Waals surface area (Å²) in [6.45, 7) is 3.00. The highest BCUT2D eigenvalue weighted by atomic mass is 32.2. The maximum absolute atomic E-state index is 11.8. The highest BCUT2D eigenvalue weighted by Gasteiger charge is 2.28. The van der Waals surface area contributed by atoms with Gasteiger partial charge in [-0.15, -0.1) is 0 Å². The van der Waals surface area contributed by atoms with Crippen LogP contribution in [0.4, 0.5) is 0 Å². The molecule has 1 atom stereocenters. The number of hydrogen-bond donors (Lipinski definition) is 0. The van der Waals surface area contributed by atoms with E-state index in [-0.39, 0.29) is 5.92 Å². The number of aromatic nitrogens is 4. The summed E-state index contributed by atoms with van der Waals surface area (Å²) >= 11 is 0. The lowest BCUT2D eigenvalue weighted by Gasteiger charge is -2.30. The van der Waals surface area contributed by atoms with E-state index in [1.807, 2.05) is 18.5 Å². The Morgan fingerprint density at radius 2 is 2.04 bits per heavy atom. The summed E-state index contributed by atoms with van der Waals surface area (Å²) in [6, 6.07) is 0. The van der Waals surface area contributed by atoms with Crippen LogP contribution in [0.25, 0.3) is 11.4 Å². The topological polar surface area (TPSA) is 81.0 Å². The Balaban J connectivity index is 1.89. The molecule has 3 rings (SSSR count). The van der Waals surface area contributed by atoms with Crippen molar-refractivity contribution in [2.75, 3.05) is 19.3 Å². The predicted molar refractivity (Wildman–Crippen MR) is 87.4 cm³/mol. The fourth-order valence-corrected chi connectivity index (χ4v) is 3.84. The van der Waals surface area contributed by atoms with Crippen LogP contribution in [0.15, 0.2) is 18.6 Å². The maximum Gasteiger partial charge on any atom is 0.211 e. The number of piperidine rings is 1. The first-order valence-electron chi connectivity index (χ1n) is 7.62. The van der Waals surface area contributed by atoms with Crippen LogP contribution in [0.2, 0.25) is 0 Å².